The van der Waals surface area contributed by atoms with Crippen molar-refractivity contribution in [1.29, 1.82) is 0 Å². The van der Waals surface area contributed by atoms with Crippen molar-refractivity contribution in [3.8, 4) is 0 Å². The van der Waals surface area contributed by atoms with Gasteiger partial charge in [-0.2, -0.15) is 13.2 Å². The SMILES string of the molecule is CC(C)(C)Sc1ccc(C2=NOC(C(F)(F)F)C2)cc1Br. The minimum absolute atomic E-state index is 0.0550. The maximum Gasteiger partial charge on any atom is 0.428 e. The Bertz CT molecular complexity index is 566. The van der Waals surface area contributed by atoms with E-state index in [9.17, 15) is 13.2 Å². The van der Waals surface area contributed by atoms with Crippen molar-refractivity contribution in [2.75, 3.05) is 0 Å². The summed E-state index contributed by atoms with van der Waals surface area (Å²) in [6.45, 7) is 6.29. The lowest BCUT2D eigenvalue weighted by molar-refractivity contribution is -0.212. The minimum Gasteiger partial charge on any atom is -0.382 e. The maximum atomic E-state index is 12.6. The summed E-state index contributed by atoms with van der Waals surface area (Å²) in [5, 5.41) is 3.57. The van der Waals surface area contributed by atoms with Gasteiger partial charge in [-0.3, -0.25) is 0 Å². The van der Waals surface area contributed by atoms with Gasteiger partial charge in [0.25, 0.3) is 0 Å². The van der Waals surface area contributed by atoms with E-state index >= 15 is 0 Å². The Labute approximate surface area is 134 Å². The molecule has 1 aliphatic rings. The van der Waals surface area contributed by atoms with Crippen LogP contribution in [-0.4, -0.2) is 22.7 Å². The number of halogens is 4. The molecule has 0 saturated heterocycles. The van der Waals surface area contributed by atoms with Gasteiger partial charge in [-0.15, -0.1) is 11.8 Å². The fourth-order valence-electron chi connectivity index (χ4n) is 1.82. The van der Waals surface area contributed by atoms with Crippen LogP contribution in [0.25, 0.3) is 0 Å². The topological polar surface area (TPSA) is 21.6 Å². The molecule has 0 spiro atoms. The second kappa shape index (κ2) is 5.83. The van der Waals surface area contributed by atoms with Crippen molar-refractivity contribution in [2.24, 2.45) is 5.16 Å². The van der Waals surface area contributed by atoms with Gasteiger partial charge < -0.3 is 4.84 Å². The molecule has 1 aromatic rings. The number of hydrogen-bond donors (Lipinski definition) is 0. The first kappa shape index (κ1) is 16.7. The number of alkyl halides is 3. The fraction of sp³-hybridized carbons (Fsp3) is 0.500. The predicted molar refractivity (Wildman–Crippen MR) is 81.8 cm³/mol. The normalized spacial score (nSPS) is 19.4. The lowest BCUT2D eigenvalue weighted by Crippen LogP contribution is -2.28. The van der Waals surface area contributed by atoms with Gasteiger partial charge in [0, 0.05) is 26.1 Å². The molecule has 7 heteroatoms. The van der Waals surface area contributed by atoms with E-state index in [2.05, 4.69) is 46.7 Å². The van der Waals surface area contributed by atoms with E-state index in [4.69, 9.17) is 0 Å². The Hall–Kier alpha value is -0.690. The highest BCUT2D eigenvalue weighted by Crippen LogP contribution is 2.38. The molecule has 1 aliphatic heterocycles. The molecule has 0 aliphatic carbocycles. The third kappa shape index (κ3) is 4.39. The van der Waals surface area contributed by atoms with Gasteiger partial charge in [0.15, 0.2) is 0 Å². The molecule has 0 radical (unpaired) electrons. The molecule has 0 amide bonds. The smallest absolute Gasteiger partial charge is 0.382 e. The molecule has 0 N–H and O–H groups in total. The monoisotopic (exact) mass is 381 g/mol. The van der Waals surface area contributed by atoms with Crippen molar-refractivity contribution in [1.82, 2.24) is 0 Å². The average molecular weight is 382 g/mol. The van der Waals surface area contributed by atoms with Crippen LogP contribution in [0.15, 0.2) is 32.7 Å². The molecule has 1 aromatic carbocycles. The first-order valence-corrected chi connectivity index (χ1v) is 7.95. The van der Waals surface area contributed by atoms with Gasteiger partial charge in [-0.1, -0.05) is 32.0 Å². The standard InChI is InChI=1S/C14H15BrF3NOS/c1-13(2,3)21-11-5-4-8(6-9(11)15)10-7-12(20-19-10)14(16,17)18/h4-6,12H,7H2,1-3H3. The van der Waals surface area contributed by atoms with Crippen LogP contribution in [0, 0.1) is 0 Å². The summed E-state index contributed by atoms with van der Waals surface area (Å²) in [7, 11) is 0. The Morgan fingerprint density at radius 2 is 1.95 bits per heavy atom. The molecule has 0 aromatic heterocycles. The zero-order valence-electron chi connectivity index (χ0n) is 11.8. The van der Waals surface area contributed by atoms with Gasteiger partial charge in [0.2, 0.25) is 6.10 Å². The molecule has 21 heavy (non-hydrogen) atoms. The van der Waals surface area contributed by atoms with Gasteiger partial charge in [0.05, 0.1) is 5.71 Å². The number of oxime groups is 1. The van der Waals surface area contributed by atoms with Crippen LogP contribution in [0.4, 0.5) is 13.2 Å². The molecule has 1 atom stereocenters. The number of nitrogens with zero attached hydrogens (tertiary/aromatic N) is 1. The molecule has 1 unspecified atom stereocenters. The van der Waals surface area contributed by atoms with E-state index in [-0.39, 0.29) is 11.2 Å². The molecule has 116 valence electrons. The molecule has 0 fully saturated rings. The van der Waals surface area contributed by atoms with E-state index in [1.807, 2.05) is 6.07 Å². The van der Waals surface area contributed by atoms with Crippen LogP contribution < -0.4 is 0 Å². The van der Waals surface area contributed by atoms with Crippen molar-refractivity contribution in [2.45, 2.75) is 49.1 Å². The highest BCUT2D eigenvalue weighted by molar-refractivity contribution is 9.10. The van der Waals surface area contributed by atoms with E-state index in [1.165, 1.54) is 0 Å². The number of rotatable bonds is 2. The van der Waals surface area contributed by atoms with Crippen LogP contribution in [-0.2, 0) is 4.84 Å². The molecule has 2 rings (SSSR count). The second-order valence-electron chi connectivity index (χ2n) is 5.74. The number of benzene rings is 1. The summed E-state index contributed by atoms with van der Waals surface area (Å²) < 4.78 is 38.6. The Morgan fingerprint density at radius 1 is 1.29 bits per heavy atom. The lowest BCUT2D eigenvalue weighted by Gasteiger charge is -2.18. The van der Waals surface area contributed by atoms with E-state index < -0.39 is 12.3 Å². The van der Waals surface area contributed by atoms with Gasteiger partial charge in [-0.05, 0) is 28.1 Å². The van der Waals surface area contributed by atoms with Crippen LogP contribution in [0.1, 0.15) is 32.8 Å². The molecular formula is C14H15BrF3NOS. The third-order valence-electron chi connectivity index (χ3n) is 2.72. The summed E-state index contributed by atoms with van der Waals surface area (Å²) in [5.74, 6) is 0. The number of hydrogen-bond acceptors (Lipinski definition) is 3. The van der Waals surface area contributed by atoms with E-state index in [0.717, 1.165) is 9.37 Å². The summed E-state index contributed by atoms with van der Waals surface area (Å²) in [5.41, 5.74) is 0.970. The molecule has 0 bridgehead atoms. The third-order valence-corrected chi connectivity index (χ3v) is 4.82. The van der Waals surface area contributed by atoms with Crippen LogP contribution in [0.3, 0.4) is 0 Å². The molecule has 1 heterocycles. The summed E-state index contributed by atoms with van der Waals surface area (Å²) in [6.07, 6.45) is -6.47. The van der Waals surface area contributed by atoms with Gasteiger partial charge >= 0.3 is 6.18 Å². The summed E-state index contributed by atoms with van der Waals surface area (Å²) in [4.78, 5) is 5.52. The zero-order chi connectivity index (χ0) is 15.8. The lowest BCUT2D eigenvalue weighted by atomic mass is 10.1. The molecule has 2 nitrogen and oxygen atoms in total. The first-order valence-electron chi connectivity index (χ1n) is 6.34. The van der Waals surface area contributed by atoms with E-state index in [0.29, 0.717) is 11.3 Å². The summed E-state index contributed by atoms with van der Waals surface area (Å²) in [6, 6.07) is 5.45. The van der Waals surface area contributed by atoms with Gasteiger partial charge in [0.1, 0.15) is 0 Å². The van der Waals surface area contributed by atoms with Crippen molar-refractivity contribution in [3.05, 3.63) is 28.2 Å². The van der Waals surface area contributed by atoms with Crippen molar-refractivity contribution < 1.29 is 18.0 Å². The van der Waals surface area contributed by atoms with Crippen LogP contribution >= 0.6 is 27.7 Å². The average Bonchev–Trinajstić information content (AvgIpc) is 2.79. The van der Waals surface area contributed by atoms with Crippen LogP contribution in [0.2, 0.25) is 0 Å². The largest absolute Gasteiger partial charge is 0.428 e. The predicted octanol–water partition coefficient (Wildman–Crippen LogP) is 5.40. The molecule has 0 saturated carbocycles. The van der Waals surface area contributed by atoms with Crippen LogP contribution in [0.5, 0.6) is 0 Å². The molecular weight excluding hydrogens is 367 g/mol. The van der Waals surface area contributed by atoms with Crippen molar-refractivity contribution >= 4 is 33.4 Å². The fourth-order valence-corrected chi connectivity index (χ4v) is 3.39. The Morgan fingerprint density at radius 3 is 2.43 bits per heavy atom. The number of thioether (sulfide) groups is 1. The Balaban J connectivity index is 2.15. The van der Waals surface area contributed by atoms with E-state index in [1.54, 1.807) is 23.9 Å². The minimum atomic E-state index is -4.38. The first-order chi connectivity index (χ1) is 9.56. The summed E-state index contributed by atoms with van der Waals surface area (Å²) >= 11 is 5.15. The second-order valence-corrected chi connectivity index (χ2v) is 8.46. The Kier molecular flexibility index (Phi) is 4.63. The quantitative estimate of drug-likeness (QED) is 0.640. The highest BCUT2D eigenvalue weighted by Gasteiger charge is 2.45. The maximum absolute atomic E-state index is 12.6. The van der Waals surface area contributed by atoms with Gasteiger partial charge in [-0.25, -0.2) is 0 Å². The zero-order valence-corrected chi connectivity index (χ0v) is 14.2. The van der Waals surface area contributed by atoms with Crippen molar-refractivity contribution in [3.63, 3.8) is 0 Å². The highest BCUT2D eigenvalue weighted by atomic mass is 79.9.